The zero-order valence-electron chi connectivity index (χ0n) is 38.9. The SMILES string of the molecule is CC[C@H]1OC(=O)[C@H](C)C(=O)[C@H](C)[C@@H](O[C@@H]2O[C@H](C)C[C@H](N(C)CCC(=O)N[C@H](CF)Cc3ccc(S(C)(=O)=O)cc3)[C@H]2O)C(C)(OC)C[C@@H](C)/C(=N/OCOC)[C@H](C)[C@@H](O)C1(C)O. The number of alkyl halides is 1. The molecule has 0 aliphatic carbocycles. The van der Waals surface area contributed by atoms with Crippen LogP contribution in [0.5, 0.6) is 0 Å². The molecule has 0 radical (unpaired) electrons. The lowest BCUT2D eigenvalue weighted by Gasteiger charge is -2.47. The first kappa shape index (κ1) is 54.2. The van der Waals surface area contributed by atoms with Crippen molar-refractivity contribution in [2.45, 2.75) is 152 Å². The second kappa shape index (κ2) is 23.4. The lowest BCUT2D eigenvalue weighted by atomic mass is 9.74. The van der Waals surface area contributed by atoms with Gasteiger partial charge in [-0.15, -0.1) is 0 Å². The third-order valence-electron chi connectivity index (χ3n) is 12.7. The van der Waals surface area contributed by atoms with Gasteiger partial charge in [-0.25, -0.2) is 12.8 Å². The van der Waals surface area contributed by atoms with Crippen LogP contribution in [0.1, 0.15) is 86.6 Å². The summed E-state index contributed by atoms with van der Waals surface area (Å²) in [4.78, 5) is 48.3. The van der Waals surface area contributed by atoms with Gasteiger partial charge in [0, 0.05) is 57.2 Å². The number of hydrogen-bond donors (Lipinski definition) is 4. The van der Waals surface area contributed by atoms with E-state index in [1.54, 1.807) is 58.7 Å². The summed E-state index contributed by atoms with van der Waals surface area (Å²) in [7, 11) is 1.20. The van der Waals surface area contributed by atoms with E-state index in [1.165, 1.54) is 40.2 Å². The van der Waals surface area contributed by atoms with E-state index in [2.05, 4.69) is 10.5 Å². The maximum atomic E-state index is 14.3. The summed E-state index contributed by atoms with van der Waals surface area (Å²) < 4.78 is 67.5. The quantitative estimate of drug-likeness (QED) is 0.0615. The first-order chi connectivity index (χ1) is 29.4. The van der Waals surface area contributed by atoms with Crippen LogP contribution < -0.4 is 5.32 Å². The average Bonchev–Trinajstić information content (AvgIpc) is 3.23. The van der Waals surface area contributed by atoms with E-state index < -0.39 is 118 Å². The number of oxime groups is 1. The number of aliphatic hydroxyl groups excluding tert-OH is 2. The number of aliphatic hydroxyl groups is 3. The Hall–Kier alpha value is -3.14. The van der Waals surface area contributed by atoms with Gasteiger partial charge in [0.05, 0.1) is 40.6 Å². The van der Waals surface area contributed by atoms with Crippen molar-refractivity contribution in [3.63, 3.8) is 0 Å². The van der Waals surface area contributed by atoms with Gasteiger partial charge in [-0.05, 0) is 78.1 Å². The Morgan fingerprint density at radius 2 is 1.71 bits per heavy atom. The maximum absolute atomic E-state index is 14.3. The summed E-state index contributed by atoms with van der Waals surface area (Å²) in [5, 5.41) is 42.3. The lowest BCUT2D eigenvalue weighted by molar-refractivity contribution is -0.295. The van der Waals surface area contributed by atoms with Crippen LogP contribution in [0.3, 0.4) is 0 Å². The van der Waals surface area contributed by atoms with Crippen molar-refractivity contribution in [3.05, 3.63) is 29.8 Å². The minimum Gasteiger partial charge on any atom is -0.459 e. The molecule has 4 N–H and O–H groups in total. The normalized spacial score (nSPS) is 35.2. The molecule has 1 aromatic rings. The molecule has 2 saturated heterocycles. The zero-order valence-corrected chi connectivity index (χ0v) is 39.7. The average molecular weight is 918 g/mol. The molecule has 14 atom stereocenters. The van der Waals surface area contributed by atoms with Gasteiger partial charge in [0.1, 0.15) is 30.4 Å². The fraction of sp³-hybridized carbons (Fsp3) is 0.773. The Labute approximate surface area is 372 Å². The van der Waals surface area contributed by atoms with Gasteiger partial charge in [0.25, 0.3) is 0 Å². The highest BCUT2D eigenvalue weighted by Crippen LogP contribution is 2.39. The molecule has 2 aliphatic rings. The predicted molar refractivity (Wildman–Crippen MR) is 231 cm³/mol. The standard InChI is InChI=1S/C44H72FN3O14S/c1-13-34-44(8,54)39(52)27(4)36(47-59-24-57-10)25(2)22-43(7,58-11)40(28(5)37(50)29(6)41(53)61-34)62-42-38(51)33(20-26(3)60-42)48(9)19-18-35(49)46-31(23-45)21-30-14-16-32(17-15-30)63(12,55)56/h14-17,25-29,31,33-34,38-40,42,51-52,54H,13,18-24H2,1-12H3,(H,46,49)/b47-36-/t25-,26-,27+,28+,29-,31+,33+,34-,38-,39-,40-,42+,43?,44?/m1/s1. The molecule has 1 amide bonds. The van der Waals surface area contributed by atoms with Gasteiger partial charge < -0.3 is 54.1 Å². The van der Waals surface area contributed by atoms with E-state index in [9.17, 15) is 42.5 Å². The summed E-state index contributed by atoms with van der Waals surface area (Å²) in [6.45, 7) is 12.2. The molecule has 360 valence electrons. The monoisotopic (exact) mass is 917 g/mol. The second-order valence-electron chi connectivity index (χ2n) is 17.8. The van der Waals surface area contributed by atoms with Crippen molar-refractivity contribution in [1.29, 1.82) is 0 Å². The molecule has 2 fully saturated rings. The first-order valence-corrected chi connectivity index (χ1v) is 23.5. The van der Waals surface area contributed by atoms with E-state index >= 15 is 0 Å². The number of esters is 1. The summed E-state index contributed by atoms with van der Waals surface area (Å²) in [6.07, 6.45) is -5.17. The molecular weight excluding hydrogens is 846 g/mol. The molecule has 0 bridgehead atoms. The third-order valence-corrected chi connectivity index (χ3v) is 13.8. The molecule has 0 aromatic heterocycles. The second-order valence-corrected chi connectivity index (χ2v) is 19.8. The number of halogens is 1. The molecule has 19 heteroatoms. The van der Waals surface area contributed by atoms with Gasteiger partial charge in [0.2, 0.25) is 12.7 Å². The molecular formula is C44H72FN3O14S. The minimum absolute atomic E-state index is 0.0365. The number of sulfone groups is 1. The molecule has 2 unspecified atom stereocenters. The van der Waals surface area contributed by atoms with Crippen LogP contribution in [0.25, 0.3) is 0 Å². The van der Waals surface area contributed by atoms with Crippen molar-refractivity contribution >= 4 is 33.2 Å². The zero-order chi connectivity index (χ0) is 47.6. The van der Waals surface area contributed by atoms with Gasteiger partial charge in [0.15, 0.2) is 21.9 Å². The number of carbonyl (C=O) groups is 3. The first-order valence-electron chi connectivity index (χ1n) is 21.6. The molecule has 2 heterocycles. The Bertz CT molecular complexity index is 1800. The van der Waals surface area contributed by atoms with E-state index in [4.69, 9.17) is 28.5 Å². The van der Waals surface area contributed by atoms with Crippen LogP contribution in [0.4, 0.5) is 4.39 Å². The molecule has 2 aliphatic heterocycles. The fourth-order valence-corrected chi connectivity index (χ4v) is 9.37. The van der Waals surface area contributed by atoms with Crippen molar-refractivity contribution in [3.8, 4) is 0 Å². The number of carbonyl (C=O) groups excluding carboxylic acids is 3. The highest BCUT2D eigenvalue weighted by Gasteiger charge is 2.52. The number of benzene rings is 1. The van der Waals surface area contributed by atoms with E-state index in [-0.39, 0.29) is 43.9 Å². The lowest BCUT2D eigenvalue weighted by Crippen LogP contribution is -2.60. The molecule has 63 heavy (non-hydrogen) atoms. The number of ether oxygens (including phenoxy) is 5. The van der Waals surface area contributed by atoms with Gasteiger partial charge in [-0.1, -0.05) is 45.0 Å². The maximum Gasteiger partial charge on any atom is 0.316 e. The van der Waals surface area contributed by atoms with Crippen molar-refractivity contribution in [2.24, 2.45) is 28.8 Å². The highest BCUT2D eigenvalue weighted by atomic mass is 32.2. The van der Waals surface area contributed by atoms with Crippen LogP contribution in [0.2, 0.25) is 0 Å². The fourth-order valence-electron chi connectivity index (χ4n) is 8.74. The smallest absolute Gasteiger partial charge is 0.316 e. The van der Waals surface area contributed by atoms with Crippen LogP contribution in [-0.4, -0.2) is 160 Å². The molecule has 1 aromatic carbocycles. The van der Waals surface area contributed by atoms with Crippen molar-refractivity contribution in [1.82, 2.24) is 10.2 Å². The number of rotatable bonds is 16. The largest absolute Gasteiger partial charge is 0.459 e. The Morgan fingerprint density at radius 3 is 2.27 bits per heavy atom. The summed E-state index contributed by atoms with van der Waals surface area (Å²) in [6, 6.07) is 4.61. The Kier molecular flexibility index (Phi) is 20.1. The number of nitrogens with zero attached hydrogens (tertiary/aromatic N) is 2. The van der Waals surface area contributed by atoms with E-state index in [0.717, 1.165) is 6.26 Å². The van der Waals surface area contributed by atoms with Crippen molar-refractivity contribution < 1.29 is 71.0 Å². The van der Waals surface area contributed by atoms with Crippen LogP contribution in [-0.2, 0) is 59.2 Å². The number of methoxy groups -OCH3 is 2. The van der Waals surface area contributed by atoms with Gasteiger partial charge in [-0.3, -0.25) is 14.4 Å². The van der Waals surface area contributed by atoms with E-state index in [0.29, 0.717) is 17.7 Å². The van der Waals surface area contributed by atoms with Gasteiger partial charge >= 0.3 is 5.97 Å². The molecule has 17 nitrogen and oxygen atoms in total. The van der Waals surface area contributed by atoms with Crippen LogP contribution in [0, 0.1) is 23.7 Å². The van der Waals surface area contributed by atoms with Crippen LogP contribution in [0.15, 0.2) is 34.3 Å². The number of cyclic esters (lactones) is 1. The Balaban J connectivity index is 1.90. The summed E-state index contributed by atoms with van der Waals surface area (Å²) >= 11 is 0. The van der Waals surface area contributed by atoms with Crippen molar-refractivity contribution in [2.75, 3.05) is 47.5 Å². The number of Topliss-reactive ketones (excluding diaryl/α,β-unsaturated/α-hetero) is 1. The van der Waals surface area contributed by atoms with Crippen LogP contribution >= 0.6 is 0 Å². The number of nitrogens with one attached hydrogen (secondary N) is 1. The topological polar surface area (TPSA) is 229 Å². The predicted octanol–water partition coefficient (Wildman–Crippen LogP) is 2.99. The Morgan fingerprint density at radius 1 is 1.08 bits per heavy atom. The van der Waals surface area contributed by atoms with Gasteiger partial charge in [-0.2, -0.15) is 0 Å². The molecule has 0 saturated carbocycles. The number of amides is 1. The minimum atomic E-state index is -3.40. The number of hydrogen-bond acceptors (Lipinski definition) is 16. The molecule has 0 spiro atoms. The highest BCUT2D eigenvalue weighted by molar-refractivity contribution is 7.90. The van der Waals surface area contributed by atoms with E-state index in [1.807, 2.05) is 6.92 Å². The third kappa shape index (κ3) is 13.9. The summed E-state index contributed by atoms with van der Waals surface area (Å²) in [5.41, 5.74) is -2.34. The molecule has 3 rings (SSSR count). The number of ketones is 1. The number of likely N-dealkylation sites (N-methyl/N-ethyl adjacent to an activating group) is 1. The summed E-state index contributed by atoms with van der Waals surface area (Å²) in [5.74, 6) is -5.69.